The van der Waals surface area contributed by atoms with Crippen molar-refractivity contribution in [1.29, 1.82) is 0 Å². The maximum absolute atomic E-state index is 12.9. The highest BCUT2D eigenvalue weighted by Gasteiger charge is 2.27. The van der Waals surface area contributed by atoms with Gasteiger partial charge in [-0.1, -0.05) is 23.7 Å². The van der Waals surface area contributed by atoms with Crippen molar-refractivity contribution >= 4 is 29.2 Å². The first kappa shape index (κ1) is 19.8. The van der Waals surface area contributed by atoms with Gasteiger partial charge in [-0.3, -0.25) is 4.79 Å². The van der Waals surface area contributed by atoms with E-state index < -0.39 is 5.97 Å². The average molecular weight is 375 g/mol. The number of aryl methyl sites for hydroxylation is 1. The first-order valence-electron chi connectivity index (χ1n) is 8.37. The molecule has 0 bridgehead atoms. The Morgan fingerprint density at radius 1 is 1.31 bits per heavy atom. The molecule has 0 atom stereocenters. The fraction of sp³-hybridized carbons (Fsp3) is 0.300. The van der Waals surface area contributed by atoms with Gasteiger partial charge in [-0.05, 0) is 51.0 Å². The van der Waals surface area contributed by atoms with E-state index in [-0.39, 0.29) is 12.5 Å². The third kappa shape index (κ3) is 3.83. The predicted molar refractivity (Wildman–Crippen MR) is 104 cm³/mol. The first-order valence-corrected chi connectivity index (χ1v) is 8.74. The number of hydrogen-bond acceptors (Lipinski definition) is 3. The molecule has 0 saturated heterocycles. The molecule has 138 valence electrons. The van der Waals surface area contributed by atoms with Gasteiger partial charge in [0.25, 0.3) is 5.91 Å². The second-order valence-corrected chi connectivity index (χ2v) is 6.40. The Kier molecular flexibility index (Phi) is 6.27. The zero-order valence-corrected chi connectivity index (χ0v) is 16.2. The van der Waals surface area contributed by atoms with E-state index in [1.54, 1.807) is 43.5 Å². The number of esters is 1. The number of benzene rings is 1. The molecule has 0 unspecified atom stereocenters. The van der Waals surface area contributed by atoms with Gasteiger partial charge in [-0.2, -0.15) is 0 Å². The lowest BCUT2D eigenvalue weighted by atomic mass is 10.1. The number of amides is 1. The molecular weight excluding hydrogens is 352 g/mol. The number of hydrogen-bond donors (Lipinski definition) is 1. The van der Waals surface area contributed by atoms with E-state index in [9.17, 15) is 9.59 Å². The highest BCUT2D eigenvalue weighted by Crippen LogP contribution is 2.26. The minimum Gasteiger partial charge on any atom is -0.461 e. The summed E-state index contributed by atoms with van der Waals surface area (Å²) >= 11 is 6.03. The van der Waals surface area contributed by atoms with Crippen LogP contribution in [0.25, 0.3) is 0 Å². The normalized spacial score (nSPS) is 10.5. The molecule has 26 heavy (non-hydrogen) atoms. The van der Waals surface area contributed by atoms with E-state index in [1.165, 1.54) is 0 Å². The molecule has 1 aromatic carbocycles. The summed E-state index contributed by atoms with van der Waals surface area (Å²) in [6, 6.07) is 5.31. The number of carbonyl (C=O) groups excluding carboxylic acids is 2. The zero-order valence-electron chi connectivity index (χ0n) is 15.5. The van der Waals surface area contributed by atoms with Crippen LogP contribution in [0.1, 0.15) is 44.6 Å². The minimum atomic E-state index is -0.451. The summed E-state index contributed by atoms with van der Waals surface area (Å²) in [4.78, 5) is 25.3. The molecule has 0 fully saturated rings. The van der Waals surface area contributed by atoms with Crippen LogP contribution in [0.2, 0.25) is 5.02 Å². The Morgan fingerprint density at radius 3 is 2.62 bits per heavy atom. The van der Waals surface area contributed by atoms with Crippen molar-refractivity contribution in [3.8, 4) is 0 Å². The van der Waals surface area contributed by atoms with Crippen LogP contribution in [-0.2, 0) is 11.3 Å². The van der Waals surface area contributed by atoms with Crippen molar-refractivity contribution in [3.05, 3.63) is 64.0 Å². The van der Waals surface area contributed by atoms with E-state index in [4.69, 9.17) is 16.3 Å². The molecule has 0 radical (unpaired) electrons. The van der Waals surface area contributed by atoms with Gasteiger partial charge in [0.2, 0.25) is 0 Å². The molecule has 5 nitrogen and oxygen atoms in total. The largest absolute Gasteiger partial charge is 0.461 e. The predicted octanol–water partition coefficient (Wildman–Crippen LogP) is 4.68. The molecule has 0 aliphatic rings. The van der Waals surface area contributed by atoms with Crippen LogP contribution < -0.4 is 5.32 Å². The third-order valence-corrected chi connectivity index (χ3v) is 4.46. The SMILES string of the molecule is C=CCn1c(C)c(C(=O)Nc2cc(Cl)ccc2C)c(C)c1C(=O)OCC. The summed E-state index contributed by atoms with van der Waals surface area (Å²) in [5, 5.41) is 3.43. The van der Waals surface area contributed by atoms with Crippen LogP contribution >= 0.6 is 11.6 Å². The molecule has 0 spiro atoms. The number of allylic oxidation sites excluding steroid dienone is 1. The standard InChI is InChI=1S/C20H23ClN2O3/c1-6-10-23-14(5)17(13(4)18(23)20(25)26-7-2)19(24)22-16-11-15(21)9-8-12(16)3/h6,8-9,11H,1,7,10H2,2-5H3,(H,22,24). The van der Waals surface area contributed by atoms with Crippen LogP contribution in [0.15, 0.2) is 30.9 Å². The Labute approximate surface area is 158 Å². The molecular formula is C20H23ClN2O3. The van der Waals surface area contributed by atoms with Gasteiger partial charge in [0.15, 0.2) is 0 Å². The average Bonchev–Trinajstić information content (AvgIpc) is 2.82. The van der Waals surface area contributed by atoms with E-state index in [2.05, 4.69) is 11.9 Å². The number of halogens is 1. The summed E-state index contributed by atoms with van der Waals surface area (Å²) < 4.78 is 6.90. The second kappa shape index (κ2) is 8.23. The maximum atomic E-state index is 12.9. The van der Waals surface area contributed by atoms with Crippen molar-refractivity contribution in [1.82, 2.24) is 4.57 Å². The van der Waals surface area contributed by atoms with Crippen LogP contribution in [0.4, 0.5) is 5.69 Å². The molecule has 1 N–H and O–H groups in total. The van der Waals surface area contributed by atoms with Gasteiger partial charge >= 0.3 is 5.97 Å². The van der Waals surface area contributed by atoms with Crippen LogP contribution in [0.3, 0.4) is 0 Å². The lowest BCUT2D eigenvalue weighted by molar-refractivity contribution is 0.0513. The Morgan fingerprint density at radius 2 is 2.00 bits per heavy atom. The van der Waals surface area contributed by atoms with Gasteiger partial charge in [0.05, 0.1) is 12.2 Å². The van der Waals surface area contributed by atoms with Crippen molar-refractivity contribution in [2.45, 2.75) is 34.2 Å². The van der Waals surface area contributed by atoms with Gasteiger partial charge in [0, 0.05) is 22.9 Å². The number of carbonyl (C=O) groups is 2. The summed E-state index contributed by atoms with van der Waals surface area (Å²) in [5.41, 5.74) is 3.62. The summed E-state index contributed by atoms with van der Waals surface area (Å²) in [6.07, 6.45) is 1.68. The highest BCUT2D eigenvalue weighted by atomic mass is 35.5. The smallest absolute Gasteiger partial charge is 0.355 e. The maximum Gasteiger partial charge on any atom is 0.355 e. The number of ether oxygens (including phenoxy) is 1. The fourth-order valence-corrected chi connectivity index (χ4v) is 3.14. The number of nitrogens with zero attached hydrogens (tertiary/aromatic N) is 1. The summed E-state index contributed by atoms with van der Waals surface area (Å²) in [5.74, 6) is -0.744. The molecule has 2 aromatic rings. The van der Waals surface area contributed by atoms with Crippen LogP contribution in [-0.4, -0.2) is 23.1 Å². The molecule has 6 heteroatoms. The molecule has 0 aliphatic heterocycles. The van der Waals surface area contributed by atoms with Crippen molar-refractivity contribution in [2.75, 3.05) is 11.9 Å². The third-order valence-electron chi connectivity index (χ3n) is 4.22. The Balaban J connectivity index is 2.49. The lowest BCUT2D eigenvalue weighted by Crippen LogP contribution is -2.15. The molecule has 1 amide bonds. The van der Waals surface area contributed by atoms with Gasteiger partial charge in [-0.15, -0.1) is 6.58 Å². The number of anilines is 1. The molecule has 0 saturated carbocycles. The topological polar surface area (TPSA) is 60.3 Å². The van der Waals surface area contributed by atoms with Gasteiger partial charge < -0.3 is 14.6 Å². The van der Waals surface area contributed by atoms with E-state index in [0.29, 0.717) is 39.8 Å². The lowest BCUT2D eigenvalue weighted by Gasteiger charge is -2.10. The second-order valence-electron chi connectivity index (χ2n) is 5.97. The van der Waals surface area contributed by atoms with Gasteiger partial charge in [0.1, 0.15) is 5.69 Å². The molecule has 1 heterocycles. The number of rotatable bonds is 6. The monoisotopic (exact) mass is 374 g/mol. The van der Waals surface area contributed by atoms with E-state index >= 15 is 0 Å². The van der Waals surface area contributed by atoms with Crippen molar-refractivity contribution < 1.29 is 14.3 Å². The molecule has 0 aliphatic carbocycles. The van der Waals surface area contributed by atoms with Crippen LogP contribution in [0.5, 0.6) is 0 Å². The first-order chi connectivity index (χ1) is 12.3. The highest BCUT2D eigenvalue weighted by molar-refractivity contribution is 6.31. The number of nitrogens with one attached hydrogen (secondary N) is 1. The molecule has 2 rings (SSSR count). The van der Waals surface area contributed by atoms with Crippen LogP contribution in [0, 0.1) is 20.8 Å². The molecule has 1 aromatic heterocycles. The van der Waals surface area contributed by atoms with Gasteiger partial charge in [-0.25, -0.2) is 4.79 Å². The summed E-state index contributed by atoms with van der Waals surface area (Å²) in [6.45, 7) is 11.6. The summed E-state index contributed by atoms with van der Waals surface area (Å²) in [7, 11) is 0. The van der Waals surface area contributed by atoms with E-state index in [0.717, 1.165) is 5.56 Å². The quantitative estimate of drug-likeness (QED) is 0.589. The Hall–Kier alpha value is -2.53. The van der Waals surface area contributed by atoms with Crippen molar-refractivity contribution in [2.24, 2.45) is 0 Å². The minimum absolute atomic E-state index is 0.264. The Bertz CT molecular complexity index is 868. The van der Waals surface area contributed by atoms with E-state index in [1.807, 2.05) is 13.0 Å². The van der Waals surface area contributed by atoms with Crippen molar-refractivity contribution in [3.63, 3.8) is 0 Å². The zero-order chi connectivity index (χ0) is 19.4. The fourth-order valence-electron chi connectivity index (χ4n) is 2.96. The number of aromatic nitrogens is 1.